The molecule has 8 nitrogen and oxygen atoms in total. The van der Waals surface area contributed by atoms with Gasteiger partial charge in [0.05, 0.1) is 18.5 Å². The molecule has 40 heavy (non-hydrogen) atoms. The van der Waals surface area contributed by atoms with Crippen LogP contribution in [-0.4, -0.2) is 48.8 Å². The summed E-state index contributed by atoms with van der Waals surface area (Å²) in [6, 6.07) is 13.5. The zero-order valence-electron chi connectivity index (χ0n) is 21.7. The molecule has 3 amide bonds. The molecule has 0 saturated heterocycles. The van der Waals surface area contributed by atoms with Crippen molar-refractivity contribution in [2.75, 3.05) is 12.4 Å². The maximum Gasteiger partial charge on any atom is 0.389 e. The summed E-state index contributed by atoms with van der Waals surface area (Å²) in [6.07, 6.45) is -10.2. The van der Waals surface area contributed by atoms with Crippen LogP contribution in [0, 0.1) is 11.8 Å². The van der Waals surface area contributed by atoms with Gasteiger partial charge in [0.1, 0.15) is 5.75 Å². The van der Waals surface area contributed by atoms with Crippen LogP contribution in [0.1, 0.15) is 43.7 Å². The van der Waals surface area contributed by atoms with Crippen molar-refractivity contribution in [2.45, 2.75) is 50.9 Å². The smallest absolute Gasteiger partial charge is 0.389 e. The van der Waals surface area contributed by atoms with Crippen molar-refractivity contribution in [3.05, 3.63) is 59.7 Å². The molecule has 1 aliphatic heterocycles. The van der Waals surface area contributed by atoms with Gasteiger partial charge in [-0.15, -0.1) is 0 Å². The fourth-order valence-corrected chi connectivity index (χ4v) is 4.43. The highest BCUT2D eigenvalue weighted by Crippen LogP contribution is 2.34. The highest BCUT2D eigenvalue weighted by molar-refractivity contribution is 6.20. The number of ether oxygens (including phenoxy) is 1. The van der Waals surface area contributed by atoms with E-state index < -0.39 is 73.5 Å². The number of aliphatic imine (C=N–C) groups is 1. The third kappa shape index (κ3) is 7.99. The van der Waals surface area contributed by atoms with E-state index in [0.717, 1.165) is 0 Å². The van der Waals surface area contributed by atoms with Crippen LogP contribution >= 0.6 is 0 Å². The Morgan fingerprint density at radius 2 is 1.68 bits per heavy atom. The summed E-state index contributed by atoms with van der Waals surface area (Å²) < 4.78 is 71.7. The summed E-state index contributed by atoms with van der Waals surface area (Å²) in [5.41, 5.74) is 6.88. The van der Waals surface area contributed by atoms with Gasteiger partial charge >= 0.3 is 6.18 Å². The van der Waals surface area contributed by atoms with Gasteiger partial charge in [0.2, 0.25) is 23.9 Å². The quantitative estimate of drug-likeness (QED) is 0.347. The fraction of sp³-hybridized carbons (Fsp3) is 0.407. The predicted molar refractivity (Wildman–Crippen MR) is 137 cm³/mol. The van der Waals surface area contributed by atoms with Gasteiger partial charge in [0, 0.05) is 35.8 Å². The van der Waals surface area contributed by atoms with Crippen LogP contribution in [0.5, 0.6) is 5.75 Å². The summed E-state index contributed by atoms with van der Waals surface area (Å²) in [6.45, 7) is 0.581. The molecule has 0 unspecified atom stereocenters. The molecule has 0 aliphatic carbocycles. The number of nitrogens with two attached hydrogens (primary N) is 1. The number of anilines is 1. The number of fused-ring (bicyclic) bond motifs is 1. The Kier molecular flexibility index (Phi) is 9.48. The van der Waals surface area contributed by atoms with E-state index >= 15 is 0 Å². The number of nitrogens with one attached hydrogen (secondary N) is 2. The second-order valence-electron chi connectivity index (χ2n) is 9.51. The van der Waals surface area contributed by atoms with Gasteiger partial charge in [-0.05, 0) is 25.8 Å². The van der Waals surface area contributed by atoms with E-state index in [-0.39, 0.29) is 11.4 Å². The Hall–Kier alpha value is -4.03. The first-order valence-electron chi connectivity index (χ1n) is 12.4. The lowest BCUT2D eigenvalue weighted by Crippen LogP contribution is -2.48. The number of hydrogen-bond donors (Lipinski definition) is 3. The maximum atomic E-state index is 13.5. The molecule has 0 radical (unpaired) electrons. The Morgan fingerprint density at radius 3 is 2.25 bits per heavy atom. The van der Waals surface area contributed by atoms with Crippen LogP contribution in [0.15, 0.2) is 53.5 Å². The molecule has 1 aliphatic rings. The molecule has 2 aromatic rings. The SMILES string of the molecule is COc1cccc2c1NC(=O)[C@@H](NC(=O)[C@H](CCC(F)(F)F)[C@H](CCC(C)(F)F)C(N)=O)N=C2c1ccccc1. The van der Waals surface area contributed by atoms with Crippen molar-refractivity contribution in [3.63, 3.8) is 0 Å². The van der Waals surface area contributed by atoms with Gasteiger partial charge in [0.25, 0.3) is 5.91 Å². The number of alkyl halides is 5. The van der Waals surface area contributed by atoms with E-state index in [1.165, 1.54) is 7.11 Å². The molecule has 2 aromatic carbocycles. The Balaban J connectivity index is 2.01. The Labute approximate surface area is 227 Å². The molecule has 0 spiro atoms. The van der Waals surface area contributed by atoms with Gasteiger partial charge in [-0.3, -0.25) is 14.4 Å². The second kappa shape index (κ2) is 12.4. The van der Waals surface area contributed by atoms with Crippen molar-refractivity contribution in [1.82, 2.24) is 5.32 Å². The first-order valence-corrected chi connectivity index (χ1v) is 12.4. The van der Waals surface area contributed by atoms with E-state index in [9.17, 15) is 36.3 Å². The molecule has 0 saturated carbocycles. The van der Waals surface area contributed by atoms with Gasteiger partial charge in [-0.1, -0.05) is 42.5 Å². The molecule has 1 heterocycles. The molecule has 0 aromatic heterocycles. The number of hydrogen-bond acceptors (Lipinski definition) is 5. The normalized spacial score (nSPS) is 17.0. The molecular weight excluding hydrogens is 539 g/mol. The number of methoxy groups -OCH3 is 1. The highest BCUT2D eigenvalue weighted by Gasteiger charge is 2.40. The zero-order valence-corrected chi connectivity index (χ0v) is 21.7. The van der Waals surface area contributed by atoms with Crippen molar-refractivity contribution in [2.24, 2.45) is 22.6 Å². The van der Waals surface area contributed by atoms with Crippen molar-refractivity contribution >= 4 is 29.1 Å². The Morgan fingerprint density at radius 1 is 1.02 bits per heavy atom. The largest absolute Gasteiger partial charge is 0.495 e. The molecule has 3 atom stereocenters. The van der Waals surface area contributed by atoms with Crippen LogP contribution in [0.2, 0.25) is 0 Å². The number of primary amides is 1. The van der Waals surface area contributed by atoms with E-state index in [1.807, 2.05) is 0 Å². The third-order valence-electron chi connectivity index (χ3n) is 6.40. The lowest BCUT2D eigenvalue weighted by molar-refractivity contribution is -0.147. The number of nitrogens with zero attached hydrogens (tertiary/aromatic N) is 1. The lowest BCUT2D eigenvalue weighted by atomic mass is 9.83. The van der Waals surface area contributed by atoms with Crippen LogP contribution in [0.4, 0.5) is 27.6 Å². The van der Waals surface area contributed by atoms with Gasteiger partial charge in [-0.2, -0.15) is 13.2 Å². The zero-order chi connectivity index (χ0) is 29.7. The lowest BCUT2D eigenvalue weighted by Gasteiger charge is -2.26. The number of para-hydroxylation sites is 1. The van der Waals surface area contributed by atoms with Crippen molar-refractivity contribution in [3.8, 4) is 5.75 Å². The fourth-order valence-electron chi connectivity index (χ4n) is 4.43. The number of benzodiazepines with no additional fused rings is 1. The molecule has 4 N–H and O–H groups in total. The number of halogens is 5. The monoisotopic (exact) mass is 568 g/mol. The number of benzene rings is 2. The summed E-state index contributed by atoms with van der Waals surface area (Å²) in [5.74, 6) is -9.54. The third-order valence-corrected chi connectivity index (χ3v) is 6.40. The second-order valence-corrected chi connectivity index (χ2v) is 9.51. The number of carbonyl (C=O) groups excluding carboxylic acids is 3. The molecule has 0 fully saturated rings. The molecule has 13 heteroatoms. The average molecular weight is 569 g/mol. The molecule has 3 rings (SSSR count). The van der Waals surface area contributed by atoms with E-state index in [4.69, 9.17) is 10.5 Å². The van der Waals surface area contributed by atoms with Crippen LogP contribution < -0.4 is 21.1 Å². The van der Waals surface area contributed by atoms with Crippen LogP contribution in [-0.2, 0) is 14.4 Å². The highest BCUT2D eigenvalue weighted by atomic mass is 19.4. The molecule has 0 bridgehead atoms. The summed E-state index contributed by atoms with van der Waals surface area (Å²) in [4.78, 5) is 43.1. The molecular formula is C27H29F5N4O4. The maximum absolute atomic E-state index is 13.5. The summed E-state index contributed by atoms with van der Waals surface area (Å²) in [7, 11) is 1.39. The minimum Gasteiger partial charge on any atom is -0.495 e. The van der Waals surface area contributed by atoms with Crippen LogP contribution in [0.3, 0.4) is 0 Å². The van der Waals surface area contributed by atoms with E-state index in [2.05, 4.69) is 15.6 Å². The minimum atomic E-state index is -4.70. The average Bonchev–Trinajstić information content (AvgIpc) is 3.01. The van der Waals surface area contributed by atoms with Crippen LogP contribution in [0.25, 0.3) is 0 Å². The first-order chi connectivity index (χ1) is 18.7. The number of carbonyl (C=O) groups is 3. The number of amides is 3. The topological polar surface area (TPSA) is 123 Å². The van der Waals surface area contributed by atoms with Gasteiger partial charge in [-0.25, -0.2) is 13.8 Å². The predicted octanol–water partition coefficient (Wildman–Crippen LogP) is 4.42. The minimum absolute atomic E-state index is 0.253. The van der Waals surface area contributed by atoms with Crippen molar-refractivity contribution < 1.29 is 41.1 Å². The van der Waals surface area contributed by atoms with Crippen molar-refractivity contribution in [1.29, 1.82) is 0 Å². The Bertz CT molecular complexity index is 1260. The summed E-state index contributed by atoms with van der Waals surface area (Å²) in [5, 5.41) is 4.93. The molecule has 216 valence electrons. The number of rotatable bonds is 11. The first kappa shape index (κ1) is 30.5. The van der Waals surface area contributed by atoms with E-state index in [1.54, 1.807) is 48.5 Å². The summed E-state index contributed by atoms with van der Waals surface area (Å²) >= 11 is 0. The van der Waals surface area contributed by atoms with E-state index in [0.29, 0.717) is 23.8 Å². The van der Waals surface area contributed by atoms with Gasteiger partial charge < -0.3 is 21.1 Å². The standard InChI is InChI=1S/C27H29F5N4O4/c1-26(28,29)13-11-16(22(33)37)17(12-14-27(30,31)32)24(38)36-23-25(39)35-21-18(9-6-10-19(21)40-2)20(34-23)15-7-4-3-5-8-15/h3-10,16-17,23H,11-14H2,1-2H3,(H2,33,37)(H,35,39)(H,36,38)/t16-,17+,23+/m0/s1. The van der Waals surface area contributed by atoms with Gasteiger partial charge in [0.15, 0.2) is 0 Å².